The highest BCUT2D eigenvalue weighted by Crippen LogP contribution is 2.18. The Morgan fingerprint density at radius 3 is 2.35 bits per heavy atom. The normalized spacial score (nSPS) is 14.2. The Morgan fingerprint density at radius 1 is 1.03 bits per heavy atom. The minimum atomic E-state index is -0.591. The Kier molecular flexibility index (Phi) is 14.2. The zero-order chi connectivity index (χ0) is 25.3. The number of aliphatic hydroxyl groups is 1. The van der Waals surface area contributed by atoms with Crippen LogP contribution in [0.3, 0.4) is 0 Å². The number of rotatable bonds is 17. The topological polar surface area (TPSA) is 105 Å². The first-order valence-electron chi connectivity index (χ1n) is 11.9. The fraction of sp³-hybridized carbons (Fsp3) is 0.519. The number of unbranched alkanes of at least 4 members (excludes halogenated alkanes) is 1. The van der Waals surface area contributed by atoms with Crippen molar-refractivity contribution in [2.24, 2.45) is 11.8 Å². The number of benzene rings is 1. The van der Waals surface area contributed by atoms with Crippen LogP contribution in [-0.4, -0.2) is 48.2 Å². The number of hydrogen-bond donors (Lipinski definition) is 3. The third-order valence-corrected chi connectivity index (χ3v) is 5.42. The molecule has 0 aliphatic heterocycles. The molecule has 1 aromatic carbocycles. The van der Waals surface area contributed by atoms with Crippen LogP contribution in [0.4, 0.5) is 0 Å². The molecule has 7 heteroatoms. The van der Waals surface area contributed by atoms with Gasteiger partial charge in [-0.3, -0.25) is 14.4 Å². The maximum Gasteiger partial charge on any atom is 0.309 e. The first-order valence-corrected chi connectivity index (χ1v) is 11.9. The summed E-state index contributed by atoms with van der Waals surface area (Å²) in [5.41, 5.74) is 1.07. The molecule has 3 N–H and O–H groups in total. The molecule has 0 saturated carbocycles. The predicted octanol–water partition coefficient (Wildman–Crippen LogP) is 3.33. The maximum absolute atomic E-state index is 12.8. The Labute approximate surface area is 203 Å². The van der Waals surface area contributed by atoms with Gasteiger partial charge in [0.1, 0.15) is 6.61 Å². The molecular weight excluding hydrogens is 432 g/mol. The van der Waals surface area contributed by atoms with Crippen LogP contribution in [0.25, 0.3) is 0 Å². The smallest absolute Gasteiger partial charge is 0.309 e. The van der Waals surface area contributed by atoms with E-state index in [1.165, 1.54) is 0 Å². The van der Waals surface area contributed by atoms with E-state index in [2.05, 4.69) is 23.8 Å². The van der Waals surface area contributed by atoms with Crippen molar-refractivity contribution in [3.05, 3.63) is 61.2 Å². The number of hydrogen-bond acceptors (Lipinski definition) is 5. The Morgan fingerprint density at radius 2 is 1.74 bits per heavy atom. The monoisotopic (exact) mass is 472 g/mol. The third kappa shape index (κ3) is 11.8. The summed E-state index contributed by atoms with van der Waals surface area (Å²) >= 11 is 0. The minimum Gasteiger partial charge on any atom is -0.463 e. The molecule has 7 nitrogen and oxygen atoms in total. The van der Waals surface area contributed by atoms with Crippen molar-refractivity contribution < 1.29 is 24.2 Å². The number of nitrogens with one attached hydrogen (secondary N) is 2. The fourth-order valence-electron chi connectivity index (χ4n) is 3.53. The van der Waals surface area contributed by atoms with Crippen molar-refractivity contribution in [2.45, 2.75) is 64.5 Å². The molecule has 0 fully saturated rings. The van der Waals surface area contributed by atoms with E-state index in [0.29, 0.717) is 19.3 Å². The number of amides is 2. The molecule has 0 saturated heterocycles. The molecule has 0 bridgehead atoms. The largest absolute Gasteiger partial charge is 0.463 e. The molecule has 0 radical (unpaired) electrons. The lowest BCUT2D eigenvalue weighted by Gasteiger charge is -2.21. The summed E-state index contributed by atoms with van der Waals surface area (Å²) in [6.07, 6.45) is 6.73. The van der Waals surface area contributed by atoms with Crippen molar-refractivity contribution in [3.8, 4) is 0 Å². The SMILES string of the molecule is C=CCCCC(Cc1ccccc1)C(=O)OCC(C)NC(=O)C(CC=C)CC(=O)NC(C)CO. The average molecular weight is 473 g/mol. The number of ether oxygens (including phenoxy) is 1. The van der Waals surface area contributed by atoms with E-state index in [-0.39, 0.29) is 49.4 Å². The molecule has 1 aromatic rings. The second-order valence-corrected chi connectivity index (χ2v) is 8.72. The first-order chi connectivity index (χ1) is 16.3. The summed E-state index contributed by atoms with van der Waals surface area (Å²) in [6.45, 7) is 10.7. The lowest BCUT2D eigenvalue weighted by atomic mass is 9.94. The van der Waals surface area contributed by atoms with E-state index >= 15 is 0 Å². The second-order valence-electron chi connectivity index (χ2n) is 8.72. The van der Waals surface area contributed by atoms with Crippen LogP contribution in [0, 0.1) is 11.8 Å². The molecule has 4 unspecified atom stereocenters. The van der Waals surface area contributed by atoms with Gasteiger partial charge in [-0.25, -0.2) is 0 Å². The van der Waals surface area contributed by atoms with E-state index in [1.54, 1.807) is 19.9 Å². The van der Waals surface area contributed by atoms with Gasteiger partial charge in [-0.1, -0.05) is 42.5 Å². The summed E-state index contributed by atoms with van der Waals surface area (Å²) in [5, 5.41) is 14.5. The van der Waals surface area contributed by atoms with Gasteiger partial charge in [0, 0.05) is 12.5 Å². The molecule has 4 atom stereocenters. The molecule has 0 heterocycles. The average Bonchev–Trinajstić information content (AvgIpc) is 2.82. The lowest BCUT2D eigenvalue weighted by Crippen LogP contribution is -2.43. The first kappa shape index (κ1) is 29.1. The van der Waals surface area contributed by atoms with Crippen LogP contribution >= 0.6 is 0 Å². The number of carbonyl (C=O) groups excluding carboxylic acids is 3. The fourth-order valence-corrected chi connectivity index (χ4v) is 3.53. The summed E-state index contributed by atoms with van der Waals surface area (Å²) in [5.74, 6) is -1.76. The summed E-state index contributed by atoms with van der Waals surface area (Å²) in [4.78, 5) is 37.6. The summed E-state index contributed by atoms with van der Waals surface area (Å²) in [7, 11) is 0. The van der Waals surface area contributed by atoms with Crippen LogP contribution in [0.15, 0.2) is 55.6 Å². The van der Waals surface area contributed by atoms with Gasteiger partial charge >= 0.3 is 5.97 Å². The van der Waals surface area contributed by atoms with Gasteiger partial charge in [-0.2, -0.15) is 0 Å². The van der Waals surface area contributed by atoms with E-state index < -0.39 is 12.0 Å². The molecule has 188 valence electrons. The number of esters is 1. The van der Waals surface area contributed by atoms with Gasteiger partial charge in [0.2, 0.25) is 11.8 Å². The molecule has 0 aromatic heterocycles. The molecule has 34 heavy (non-hydrogen) atoms. The van der Waals surface area contributed by atoms with Crippen LogP contribution < -0.4 is 10.6 Å². The van der Waals surface area contributed by atoms with E-state index in [0.717, 1.165) is 18.4 Å². The number of aliphatic hydroxyl groups excluding tert-OH is 1. The van der Waals surface area contributed by atoms with Gasteiger partial charge in [0.25, 0.3) is 0 Å². The van der Waals surface area contributed by atoms with Crippen molar-refractivity contribution in [3.63, 3.8) is 0 Å². The van der Waals surface area contributed by atoms with Crippen LogP contribution in [-0.2, 0) is 25.5 Å². The molecule has 2 amide bonds. The molecule has 1 rings (SSSR count). The maximum atomic E-state index is 12.8. The lowest BCUT2D eigenvalue weighted by molar-refractivity contribution is -0.150. The van der Waals surface area contributed by atoms with Gasteiger partial charge in [0.05, 0.1) is 24.5 Å². The second kappa shape index (κ2) is 16.6. The van der Waals surface area contributed by atoms with Crippen molar-refractivity contribution in [1.82, 2.24) is 10.6 Å². The highest BCUT2D eigenvalue weighted by Gasteiger charge is 2.24. The highest BCUT2D eigenvalue weighted by atomic mass is 16.5. The zero-order valence-electron chi connectivity index (χ0n) is 20.5. The predicted molar refractivity (Wildman–Crippen MR) is 134 cm³/mol. The van der Waals surface area contributed by atoms with E-state index in [1.807, 2.05) is 36.4 Å². The number of carbonyl (C=O) groups is 3. The van der Waals surface area contributed by atoms with Gasteiger partial charge in [-0.15, -0.1) is 13.2 Å². The Hall–Kier alpha value is -2.93. The number of allylic oxidation sites excluding steroid dienone is 2. The van der Waals surface area contributed by atoms with Gasteiger partial charge in [0.15, 0.2) is 0 Å². The molecule has 0 aliphatic rings. The van der Waals surface area contributed by atoms with E-state index in [4.69, 9.17) is 9.84 Å². The third-order valence-electron chi connectivity index (χ3n) is 5.42. The summed E-state index contributed by atoms with van der Waals surface area (Å²) < 4.78 is 5.55. The molecule has 0 aliphatic carbocycles. The highest BCUT2D eigenvalue weighted by molar-refractivity contribution is 5.86. The Bertz CT molecular complexity index is 780. The van der Waals surface area contributed by atoms with Crippen LogP contribution in [0.2, 0.25) is 0 Å². The van der Waals surface area contributed by atoms with Crippen LogP contribution in [0.1, 0.15) is 51.5 Å². The van der Waals surface area contributed by atoms with E-state index in [9.17, 15) is 14.4 Å². The summed E-state index contributed by atoms with van der Waals surface area (Å²) in [6, 6.07) is 9.03. The van der Waals surface area contributed by atoms with Crippen LogP contribution in [0.5, 0.6) is 0 Å². The van der Waals surface area contributed by atoms with Crippen molar-refractivity contribution in [1.29, 1.82) is 0 Å². The van der Waals surface area contributed by atoms with Crippen molar-refractivity contribution in [2.75, 3.05) is 13.2 Å². The Balaban J connectivity index is 2.62. The molecule has 0 spiro atoms. The standard InChI is InChI=1S/C27H40N2O5/c1-5-7-9-15-24(16-22-13-10-8-11-14-22)27(33)34-19-21(4)29-26(32)23(12-6-2)17-25(31)28-20(3)18-30/h5-6,8,10-11,13-14,20-21,23-24,30H,1-2,7,9,12,15-19H2,3-4H3,(H,28,31)(H,29,32). The zero-order valence-corrected chi connectivity index (χ0v) is 20.5. The minimum absolute atomic E-state index is 0.0167. The molecular formula is C27H40N2O5. The van der Waals surface area contributed by atoms with Crippen molar-refractivity contribution >= 4 is 17.8 Å². The van der Waals surface area contributed by atoms with Gasteiger partial charge in [-0.05, 0) is 51.5 Å². The quantitative estimate of drug-likeness (QED) is 0.183. The van der Waals surface area contributed by atoms with Gasteiger partial charge < -0.3 is 20.5 Å².